The molecule has 2 aliphatic rings. The van der Waals surface area contributed by atoms with Crippen molar-refractivity contribution in [3.8, 4) is 0 Å². The molecule has 0 bridgehead atoms. The van der Waals surface area contributed by atoms with Gasteiger partial charge in [-0.3, -0.25) is 4.79 Å². The molecule has 1 amide bonds. The molecule has 1 aromatic rings. The molecule has 20 heavy (non-hydrogen) atoms. The molecule has 0 aliphatic carbocycles. The Kier molecular flexibility index (Phi) is 4.03. The lowest BCUT2D eigenvalue weighted by Gasteiger charge is -2.36. The Hall–Kier alpha value is -1.39. The van der Waals surface area contributed by atoms with Gasteiger partial charge in [0.25, 0.3) is 0 Å². The predicted octanol–water partition coefficient (Wildman–Crippen LogP) is 1.51. The van der Waals surface area contributed by atoms with E-state index in [-0.39, 0.29) is 18.1 Å². The van der Waals surface area contributed by atoms with Gasteiger partial charge in [-0.05, 0) is 24.0 Å². The van der Waals surface area contributed by atoms with Crippen molar-refractivity contribution < 1.29 is 9.53 Å². The van der Waals surface area contributed by atoms with Crippen LogP contribution in [0.15, 0.2) is 24.3 Å². The number of morpholine rings is 1. The van der Waals surface area contributed by atoms with E-state index in [4.69, 9.17) is 4.74 Å². The fraction of sp³-hybridized carbons (Fsp3) is 0.562. The van der Waals surface area contributed by atoms with E-state index in [0.717, 1.165) is 31.5 Å². The van der Waals surface area contributed by atoms with E-state index in [1.165, 1.54) is 5.56 Å². The molecule has 0 aromatic heterocycles. The summed E-state index contributed by atoms with van der Waals surface area (Å²) in [6.45, 7) is 5.05. The topological polar surface area (TPSA) is 41.6 Å². The molecular weight excluding hydrogens is 252 g/mol. The van der Waals surface area contributed by atoms with Gasteiger partial charge >= 0.3 is 0 Å². The number of nitrogens with one attached hydrogen (secondary N) is 1. The summed E-state index contributed by atoms with van der Waals surface area (Å²) in [4.78, 5) is 14.7. The molecule has 1 fully saturated rings. The Labute approximate surface area is 120 Å². The molecule has 0 radical (unpaired) electrons. The fourth-order valence-electron chi connectivity index (χ4n) is 3.07. The van der Waals surface area contributed by atoms with Gasteiger partial charge in [-0.1, -0.05) is 31.2 Å². The lowest BCUT2D eigenvalue weighted by molar-refractivity contribution is -0.141. The van der Waals surface area contributed by atoms with E-state index < -0.39 is 0 Å². The SMILES string of the molecule is CCC1CN(C(=O)C2NCCc3ccccc32)CCO1. The first kappa shape index (κ1) is 13.6. The minimum absolute atomic E-state index is 0.185. The van der Waals surface area contributed by atoms with Crippen molar-refractivity contribution >= 4 is 5.91 Å². The van der Waals surface area contributed by atoms with E-state index in [1.54, 1.807) is 0 Å². The summed E-state index contributed by atoms with van der Waals surface area (Å²) in [7, 11) is 0. The molecule has 1 aromatic carbocycles. The monoisotopic (exact) mass is 274 g/mol. The summed E-state index contributed by atoms with van der Waals surface area (Å²) in [5.74, 6) is 0.193. The largest absolute Gasteiger partial charge is 0.375 e. The number of ether oxygens (including phenoxy) is 1. The van der Waals surface area contributed by atoms with E-state index in [2.05, 4.69) is 24.4 Å². The van der Waals surface area contributed by atoms with Crippen molar-refractivity contribution in [1.82, 2.24) is 10.2 Å². The van der Waals surface area contributed by atoms with Crippen LogP contribution in [0.2, 0.25) is 0 Å². The van der Waals surface area contributed by atoms with Crippen LogP contribution < -0.4 is 5.32 Å². The van der Waals surface area contributed by atoms with Crippen LogP contribution in [-0.2, 0) is 16.0 Å². The highest BCUT2D eigenvalue weighted by molar-refractivity contribution is 5.84. The van der Waals surface area contributed by atoms with Gasteiger partial charge in [-0.15, -0.1) is 0 Å². The van der Waals surface area contributed by atoms with Crippen molar-refractivity contribution in [3.05, 3.63) is 35.4 Å². The van der Waals surface area contributed by atoms with Gasteiger partial charge in [-0.25, -0.2) is 0 Å². The van der Waals surface area contributed by atoms with Crippen molar-refractivity contribution in [1.29, 1.82) is 0 Å². The normalized spacial score (nSPS) is 26.1. The summed E-state index contributed by atoms with van der Waals surface area (Å²) >= 11 is 0. The van der Waals surface area contributed by atoms with Crippen LogP contribution in [0.1, 0.15) is 30.5 Å². The Morgan fingerprint density at radius 3 is 3.15 bits per heavy atom. The molecule has 4 nitrogen and oxygen atoms in total. The second kappa shape index (κ2) is 5.94. The van der Waals surface area contributed by atoms with E-state index in [0.29, 0.717) is 13.2 Å². The Balaban J connectivity index is 1.78. The highest BCUT2D eigenvalue weighted by atomic mass is 16.5. The third kappa shape index (κ3) is 2.58. The average molecular weight is 274 g/mol. The van der Waals surface area contributed by atoms with Crippen LogP contribution in [0.4, 0.5) is 0 Å². The van der Waals surface area contributed by atoms with Crippen LogP contribution >= 0.6 is 0 Å². The van der Waals surface area contributed by atoms with Gasteiger partial charge in [-0.2, -0.15) is 0 Å². The van der Waals surface area contributed by atoms with Gasteiger partial charge in [0.2, 0.25) is 5.91 Å². The molecule has 2 aliphatic heterocycles. The molecule has 108 valence electrons. The number of nitrogens with zero attached hydrogens (tertiary/aromatic N) is 1. The van der Waals surface area contributed by atoms with Crippen molar-refractivity contribution in [3.63, 3.8) is 0 Å². The second-order valence-electron chi connectivity index (χ2n) is 5.52. The highest BCUT2D eigenvalue weighted by Crippen LogP contribution is 2.25. The summed E-state index contributed by atoms with van der Waals surface area (Å²) in [6, 6.07) is 8.08. The van der Waals surface area contributed by atoms with Crippen LogP contribution in [0.25, 0.3) is 0 Å². The first-order valence-corrected chi connectivity index (χ1v) is 7.51. The van der Waals surface area contributed by atoms with Crippen LogP contribution in [0.3, 0.4) is 0 Å². The third-order valence-corrected chi connectivity index (χ3v) is 4.26. The Morgan fingerprint density at radius 1 is 1.45 bits per heavy atom. The molecule has 3 rings (SSSR count). The van der Waals surface area contributed by atoms with Crippen LogP contribution in [0.5, 0.6) is 0 Å². The van der Waals surface area contributed by atoms with Gasteiger partial charge in [0.05, 0.1) is 12.7 Å². The number of carbonyl (C=O) groups is 1. The van der Waals surface area contributed by atoms with Gasteiger partial charge in [0.15, 0.2) is 0 Å². The smallest absolute Gasteiger partial charge is 0.244 e. The molecule has 1 saturated heterocycles. The van der Waals surface area contributed by atoms with Crippen molar-refractivity contribution in [2.24, 2.45) is 0 Å². The number of rotatable bonds is 2. The molecular formula is C16H22N2O2. The van der Waals surface area contributed by atoms with Crippen molar-refractivity contribution in [2.75, 3.05) is 26.2 Å². The maximum atomic E-state index is 12.8. The number of carbonyl (C=O) groups excluding carboxylic acids is 1. The van der Waals surface area contributed by atoms with Gasteiger partial charge in [0.1, 0.15) is 6.04 Å². The molecule has 0 saturated carbocycles. The molecule has 1 N–H and O–H groups in total. The van der Waals surface area contributed by atoms with Gasteiger partial charge in [0, 0.05) is 19.6 Å². The van der Waals surface area contributed by atoms with E-state index >= 15 is 0 Å². The molecule has 2 unspecified atom stereocenters. The maximum absolute atomic E-state index is 12.8. The summed E-state index contributed by atoms with van der Waals surface area (Å²) < 4.78 is 5.65. The minimum atomic E-state index is -0.185. The van der Waals surface area contributed by atoms with Gasteiger partial charge < -0.3 is 15.0 Å². The van der Waals surface area contributed by atoms with E-state index in [9.17, 15) is 4.79 Å². The van der Waals surface area contributed by atoms with Crippen LogP contribution in [0, 0.1) is 0 Å². The fourth-order valence-corrected chi connectivity index (χ4v) is 3.07. The highest BCUT2D eigenvalue weighted by Gasteiger charge is 2.32. The molecule has 2 heterocycles. The lowest BCUT2D eigenvalue weighted by Crippen LogP contribution is -2.50. The Morgan fingerprint density at radius 2 is 2.30 bits per heavy atom. The number of hydrogen-bond acceptors (Lipinski definition) is 3. The predicted molar refractivity (Wildman–Crippen MR) is 77.5 cm³/mol. The number of fused-ring (bicyclic) bond motifs is 1. The first-order chi connectivity index (χ1) is 9.79. The lowest BCUT2D eigenvalue weighted by atomic mass is 9.93. The summed E-state index contributed by atoms with van der Waals surface area (Å²) in [5.41, 5.74) is 2.44. The summed E-state index contributed by atoms with van der Waals surface area (Å²) in [5, 5.41) is 3.37. The van der Waals surface area contributed by atoms with Crippen LogP contribution in [-0.4, -0.2) is 43.2 Å². The first-order valence-electron chi connectivity index (χ1n) is 7.51. The molecule has 4 heteroatoms. The number of benzene rings is 1. The molecule has 0 spiro atoms. The Bertz CT molecular complexity index is 489. The zero-order valence-corrected chi connectivity index (χ0v) is 12.0. The van der Waals surface area contributed by atoms with Crippen molar-refractivity contribution in [2.45, 2.75) is 31.9 Å². The third-order valence-electron chi connectivity index (χ3n) is 4.26. The van der Waals surface area contributed by atoms with E-state index in [1.807, 2.05) is 17.0 Å². The zero-order valence-electron chi connectivity index (χ0n) is 12.0. The maximum Gasteiger partial charge on any atom is 0.244 e. The number of amides is 1. The molecule has 2 atom stereocenters. The average Bonchev–Trinajstić information content (AvgIpc) is 2.53. The summed E-state index contributed by atoms with van der Waals surface area (Å²) in [6.07, 6.45) is 2.14. The minimum Gasteiger partial charge on any atom is -0.375 e. The number of hydrogen-bond donors (Lipinski definition) is 1. The standard InChI is InChI=1S/C16H22N2O2/c1-2-13-11-18(9-10-20-13)16(19)15-14-6-4-3-5-12(14)7-8-17-15/h3-6,13,15,17H,2,7-11H2,1H3. The quantitative estimate of drug-likeness (QED) is 0.889. The second-order valence-corrected chi connectivity index (χ2v) is 5.52. The zero-order chi connectivity index (χ0) is 13.9.